The van der Waals surface area contributed by atoms with Crippen molar-refractivity contribution < 1.29 is 0 Å². The first kappa shape index (κ1) is 12.8. The summed E-state index contributed by atoms with van der Waals surface area (Å²) < 4.78 is 1.66. The maximum atomic E-state index is 9.02. The first-order valence-corrected chi connectivity index (χ1v) is 5.43. The topological polar surface area (TPSA) is 41.6 Å². The van der Waals surface area contributed by atoms with E-state index < -0.39 is 0 Å². The van der Waals surface area contributed by atoms with Crippen molar-refractivity contribution in [1.29, 1.82) is 5.26 Å². The van der Waals surface area contributed by atoms with Crippen LogP contribution in [0.25, 0.3) is 5.70 Å². The molecule has 0 aromatic carbocycles. The third-order valence-corrected chi connectivity index (χ3v) is 2.30. The molecule has 0 saturated carbocycles. The van der Waals surface area contributed by atoms with Crippen LogP contribution in [0.4, 0.5) is 0 Å². The van der Waals surface area contributed by atoms with Crippen LogP contribution in [0.3, 0.4) is 0 Å². The van der Waals surface area contributed by atoms with E-state index in [1.807, 2.05) is 32.9 Å². The Kier molecular flexibility index (Phi) is 4.31. The number of allylic oxidation sites excluding steroid dienone is 4. The molecule has 0 saturated heterocycles. The molecule has 0 atom stereocenters. The summed E-state index contributed by atoms with van der Waals surface area (Å²) in [6.07, 6.45) is 12.6. The van der Waals surface area contributed by atoms with Gasteiger partial charge in [-0.2, -0.15) is 10.4 Å². The van der Waals surface area contributed by atoms with Gasteiger partial charge in [0.2, 0.25) is 0 Å². The lowest BCUT2D eigenvalue weighted by Gasteiger charge is -2.09. The second-order valence-electron chi connectivity index (χ2n) is 3.84. The maximum absolute atomic E-state index is 9.02. The van der Waals surface area contributed by atoms with E-state index in [2.05, 4.69) is 17.1 Å². The van der Waals surface area contributed by atoms with E-state index in [0.29, 0.717) is 11.3 Å². The Morgan fingerprint density at radius 1 is 1.59 bits per heavy atom. The Bertz CT molecular complexity index is 531. The molecular weight excluding hydrogens is 210 g/mol. The van der Waals surface area contributed by atoms with Crippen LogP contribution in [0.2, 0.25) is 0 Å². The molecule has 17 heavy (non-hydrogen) atoms. The van der Waals surface area contributed by atoms with Crippen molar-refractivity contribution in [2.45, 2.75) is 26.7 Å². The maximum Gasteiger partial charge on any atom is 0.114 e. The van der Waals surface area contributed by atoms with Crippen LogP contribution in [0.15, 0.2) is 24.4 Å². The molecule has 0 unspecified atom stereocenters. The SMILES string of the molecule is C#C/C(=C\C=C/C)n1ncc(C#N)c1C(C)C. The number of rotatable bonds is 3. The van der Waals surface area contributed by atoms with Gasteiger partial charge in [0.15, 0.2) is 0 Å². The molecule has 0 radical (unpaired) electrons. The molecule has 1 heterocycles. The third-order valence-electron chi connectivity index (χ3n) is 2.30. The molecule has 0 aliphatic rings. The Labute approximate surface area is 102 Å². The zero-order chi connectivity index (χ0) is 12.8. The normalized spacial score (nSPS) is 11.8. The summed E-state index contributed by atoms with van der Waals surface area (Å²) >= 11 is 0. The summed E-state index contributed by atoms with van der Waals surface area (Å²) in [6.45, 7) is 5.94. The molecular formula is C14H15N3. The molecule has 1 rings (SSSR count). The van der Waals surface area contributed by atoms with Gasteiger partial charge >= 0.3 is 0 Å². The molecule has 0 amide bonds. The molecule has 1 aromatic rings. The fraction of sp³-hybridized carbons (Fsp3) is 0.286. The molecule has 3 nitrogen and oxygen atoms in total. The smallest absolute Gasteiger partial charge is 0.114 e. The molecule has 0 aliphatic carbocycles. The third kappa shape index (κ3) is 2.65. The van der Waals surface area contributed by atoms with E-state index in [9.17, 15) is 0 Å². The minimum Gasteiger partial charge on any atom is -0.228 e. The van der Waals surface area contributed by atoms with Gasteiger partial charge in [0.25, 0.3) is 0 Å². The highest BCUT2D eigenvalue weighted by Gasteiger charge is 2.15. The van der Waals surface area contributed by atoms with Crippen LogP contribution in [0, 0.1) is 23.7 Å². The lowest BCUT2D eigenvalue weighted by molar-refractivity contribution is 0.747. The number of aromatic nitrogens is 2. The fourth-order valence-electron chi connectivity index (χ4n) is 1.56. The van der Waals surface area contributed by atoms with Crippen molar-refractivity contribution in [3.63, 3.8) is 0 Å². The monoisotopic (exact) mass is 225 g/mol. The summed E-state index contributed by atoms with van der Waals surface area (Å²) in [4.78, 5) is 0. The Hall–Kier alpha value is -2.26. The van der Waals surface area contributed by atoms with Gasteiger partial charge in [-0.3, -0.25) is 0 Å². The first-order valence-electron chi connectivity index (χ1n) is 5.43. The van der Waals surface area contributed by atoms with Crippen LogP contribution in [-0.4, -0.2) is 9.78 Å². The molecule has 0 fully saturated rings. The highest BCUT2D eigenvalue weighted by molar-refractivity contribution is 5.65. The number of terminal acetylenes is 1. The number of nitrogens with zero attached hydrogens (tertiary/aromatic N) is 3. The largest absolute Gasteiger partial charge is 0.228 e. The molecule has 0 bridgehead atoms. The highest BCUT2D eigenvalue weighted by atomic mass is 15.3. The zero-order valence-corrected chi connectivity index (χ0v) is 10.3. The van der Waals surface area contributed by atoms with Crippen LogP contribution >= 0.6 is 0 Å². The zero-order valence-electron chi connectivity index (χ0n) is 10.3. The first-order chi connectivity index (χ1) is 8.15. The summed E-state index contributed by atoms with van der Waals surface area (Å²) in [5, 5.41) is 13.2. The minimum absolute atomic E-state index is 0.189. The Balaban J connectivity index is 3.37. The molecule has 0 spiro atoms. The van der Waals surface area contributed by atoms with Gasteiger partial charge in [-0.15, -0.1) is 6.42 Å². The predicted molar refractivity (Wildman–Crippen MR) is 69.0 cm³/mol. The molecule has 0 aliphatic heterocycles. The molecule has 1 aromatic heterocycles. The van der Waals surface area contributed by atoms with Gasteiger partial charge in [0.1, 0.15) is 11.8 Å². The summed E-state index contributed by atoms with van der Waals surface area (Å²) in [5.74, 6) is 2.78. The highest BCUT2D eigenvalue weighted by Crippen LogP contribution is 2.21. The lowest BCUT2D eigenvalue weighted by atomic mass is 10.1. The van der Waals surface area contributed by atoms with Gasteiger partial charge in [-0.25, -0.2) is 4.68 Å². The standard InChI is InChI=1S/C14H15N3/c1-5-7-8-13(6-2)17-14(11(3)4)12(9-15)10-16-17/h2,5,7-8,10-11H,1,3-4H3/b7-5-,13-8+. The van der Waals surface area contributed by atoms with Gasteiger partial charge < -0.3 is 0 Å². The van der Waals surface area contributed by atoms with E-state index in [1.165, 1.54) is 0 Å². The molecule has 86 valence electrons. The van der Waals surface area contributed by atoms with Crippen LogP contribution in [0.5, 0.6) is 0 Å². The van der Waals surface area contributed by atoms with Crippen molar-refractivity contribution in [1.82, 2.24) is 9.78 Å². The summed E-state index contributed by atoms with van der Waals surface area (Å²) in [5.41, 5.74) is 2.05. The summed E-state index contributed by atoms with van der Waals surface area (Å²) in [6, 6.07) is 2.14. The van der Waals surface area contributed by atoms with Crippen LogP contribution in [-0.2, 0) is 0 Å². The van der Waals surface area contributed by atoms with Gasteiger partial charge in [-0.1, -0.05) is 31.9 Å². The van der Waals surface area contributed by atoms with E-state index in [1.54, 1.807) is 17.0 Å². The second-order valence-corrected chi connectivity index (χ2v) is 3.84. The average Bonchev–Trinajstić information content (AvgIpc) is 2.74. The number of nitriles is 1. The van der Waals surface area contributed by atoms with Crippen LogP contribution < -0.4 is 0 Å². The Morgan fingerprint density at radius 3 is 2.76 bits per heavy atom. The quantitative estimate of drug-likeness (QED) is 0.586. The van der Waals surface area contributed by atoms with E-state index in [0.717, 1.165) is 5.69 Å². The molecule has 0 N–H and O–H groups in total. The van der Waals surface area contributed by atoms with E-state index in [-0.39, 0.29) is 5.92 Å². The van der Waals surface area contributed by atoms with E-state index >= 15 is 0 Å². The minimum atomic E-state index is 0.189. The second kappa shape index (κ2) is 5.72. The van der Waals surface area contributed by atoms with Gasteiger partial charge in [-0.05, 0) is 18.9 Å². The Morgan fingerprint density at radius 2 is 2.29 bits per heavy atom. The van der Waals surface area contributed by atoms with Gasteiger partial charge in [0.05, 0.1) is 17.5 Å². The predicted octanol–water partition coefficient (Wildman–Crippen LogP) is 2.93. The van der Waals surface area contributed by atoms with Crippen molar-refractivity contribution in [3.8, 4) is 18.4 Å². The van der Waals surface area contributed by atoms with E-state index in [4.69, 9.17) is 11.7 Å². The van der Waals surface area contributed by atoms with Crippen molar-refractivity contribution in [2.24, 2.45) is 0 Å². The summed E-state index contributed by atoms with van der Waals surface area (Å²) in [7, 11) is 0. The average molecular weight is 225 g/mol. The van der Waals surface area contributed by atoms with Crippen LogP contribution in [0.1, 0.15) is 37.9 Å². The van der Waals surface area contributed by atoms with Crippen molar-refractivity contribution >= 4 is 5.70 Å². The van der Waals surface area contributed by atoms with Crippen molar-refractivity contribution in [3.05, 3.63) is 35.7 Å². The molecule has 3 heteroatoms. The van der Waals surface area contributed by atoms with Crippen molar-refractivity contribution in [2.75, 3.05) is 0 Å². The lowest BCUT2D eigenvalue weighted by Crippen LogP contribution is -2.05. The number of hydrogen-bond acceptors (Lipinski definition) is 2. The van der Waals surface area contributed by atoms with Gasteiger partial charge in [0, 0.05) is 0 Å². The number of hydrogen-bond donors (Lipinski definition) is 0. The fourth-order valence-corrected chi connectivity index (χ4v) is 1.56.